The van der Waals surface area contributed by atoms with Crippen molar-refractivity contribution in [2.45, 2.75) is 66.0 Å². The monoisotopic (exact) mass is 410 g/mol. The molecule has 0 saturated carbocycles. The SMILES string of the molecule is CC(C)CCC(=O)NCC(=O)Nc1nc2c(s1)CN(C(=O)OC(C)(C)C)CC2. The number of carbonyl (C=O) groups is 3. The van der Waals surface area contributed by atoms with E-state index < -0.39 is 5.60 Å². The van der Waals surface area contributed by atoms with Crippen molar-refractivity contribution in [1.29, 1.82) is 0 Å². The summed E-state index contributed by atoms with van der Waals surface area (Å²) >= 11 is 1.35. The molecule has 9 heteroatoms. The van der Waals surface area contributed by atoms with Gasteiger partial charge in [-0.3, -0.25) is 9.59 Å². The van der Waals surface area contributed by atoms with E-state index in [4.69, 9.17) is 4.74 Å². The van der Waals surface area contributed by atoms with Gasteiger partial charge in [0.25, 0.3) is 0 Å². The molecule has 1 aromatic rings. The molecule has 0 unspecified atom stereocenters. The number of rotatable bonds is 6. The minimum absolute atomic E-state index is 0.0782. The third-order valence-corrected chi connectivity index (χ3v) is 5.02. The van der Waals surface area contributed by atoms with Gasteiger partial charge in [-0.05, 0) is 33.1 Å². The zero-order valence-electron chi connectivity index (χ0n) is 17.3. The fourth-order valence-corrected chi connectivity index (χ4v) is 3.62. The maximum Gasteiger partial charge on any atom is 0.410 e. The molecule has 28 heavy (non-hydrogen) atoms. The van der Waals surface area contributed by atoms with Crippen molar-refractivity contribution < 1.29 is 19.1 Å². The first-order valence-electron chi connectivity index (χ1n) is 9.56. The topological polar surface area (TPSA) is 101 Å². The van der Waals surface area contributed by atoms with E-state index in [0.717, 1.165) is 17.0 Å². The summed E-state index contributed by atoms with van der Waals surface area (Å²) < 4.78 is 5.41. The number of nitrogens with one attached hydrogen (secondary N) is 2. The number of thiazole rings is 1. The molecule has 156 valence electrons. The van der Waals surface area contributed by atoms with Gasteiger partial charge in [0.15, 0.2) is 5.13 Å². The van der Waals surface area contributed by atoms with Gasteiger partial charge in [0.1, 0.15) is 5.60 Å². The van der Waals surface area contributed by atoms with Crippen LogP contribution in [0.3, 0.4) is 0 Å². The highest BCUT2D eigenvalue weighted by atomic mass is 32.1. The van der Waals surface area contributed by atoms with Gasteiger partial charge in [0.2, 0.25) is 11.8 Å². The smallest absolute Gasteiger partial charge is 0.410 e. The Kier molecular flexibility index (Phi) is 7.40. The Balaban J connectivity index is 1.84. The van der Waals surface area contributed by atoms with Crippen LogP contribution in [0.4, 0.5) is 9.93 Å². The van der Waals surface area contributed by atoms with Gasteiger partial charge < -0.3 is 20.3 Å². The average molecular weight is 411 g/mol. The summed E-state index contributed by atoms with van der Waals surface area (Å²) in [6.07, 6.45) is 1.48. The molecule has 0 aliphatic carbocycles. The third kappa shape index (κ3) is 7.10. The first-order valence-corrected chi connectivity index (χ1v) is 10.4. The van der Waals surface area contributed by atoms with Gasteiger partial charge in [-0.2, -0.15) is 0 Å². The summed E-state index contributed by atoms with van der Waals surface area (Å²) in [5, 5.41) is 5.82. The van der Waals surface area contributed by atoms with Crippen LogP contribution in [0, 0.1) is 5.92 Å². The molecule has 0 radical (unpaired) electrons. The summed E-state index contributed by atoms with van der Waals surface area (Å²) in [6, 6.07) is 0. The normalized spacial score (nSPS) is 13.9. The molecule has 8 nitrogen and oxygen atoms in total. The molecule has 2 N–H and O–H groups in total. The minimum atomic E-state index is -0.538. The van der Waals surface area contributed by atoms with Crippen LogP contribution >= 0.6 is 11.3 Å². The van der Waals surface area contributed by atoms with Crippen LogP contribution in [0.15, 0.2) is 0 Å². The van der Waals surface area contributed by atoms with Crippen LogP contribution in [-0.2, 0) is 27.3 Å². The molecule has 0 spiro atoms. The van der Waals surface area contributed by atoms with E-state index in [0.29, 0.717) is 37.0 Å². The molecule has 0 saturated heterocycles. The second-order valence-electron chi connectivity index (χ2n) is 8.30. The first-order chi connectivity index (χ1) is 13.0. The van der Waals surface area contributed by atoms with Crippen LogP contribution in [-0.4, -0.2) is 46.5 Å². The van der Waals surface area contributed by atoms with Gasteiger partial charge in [0.05, 0.1) is 18.8 Å². The Bertz CT molecular complexity index is 724. The van der Waals surface area contributed by atoms with E-state index in [9.17, 15) is 14.4 Å². The molecule has 0 atom stereocenters. The number of hydrogen-bond donors (Lipinski definition) is 2. The Morgan fingerprint density at radius 1 is 1.25 bits per heavy atom. The number of nitrogens with zero attached hydrogens (tertiary/aromatic N) is 2. The van der Waals surface area contributed by atoms with Crippen LogP contribution in [0.25, 0.3) is 0 Å². The standard InChI is InChI=1S/C19H30N4O4S/c1-12(2)6-7-15(24)20-10-16(25)22-17-21-13-8-9-23(11-14(13)28-17)18(26)27-19(3,4)5/h12H,6-11H2,1-5H3,(H,20,24)(H,21,22,25). The molecule has 0 bridgehead atoms. The molecule has 3 amide bonds. The Hall–Kier alpha value is -2.16. The van der Waals surface area contributed by atoms with Crippen LogP contribution in [0.5, 0.6) is 0 Å². The molecular weight excluding hydrogens is 380 g/mol. The number of anilines is 1. The maximum atomic E-state index is 12.2. The van der Waals surface area contributed by atoms with Crippen molar-refractivity contribution in [3.63, 3.8) is 0 Å². The van der Waals surface area contributed by atoms with Crippen molar-refractivity contribution in [2.75, 3.05) is 18.4 Å². The van der Waals surface area contributed by atoms with Crippen molar-refractivity contribution in [3.05, 3.63) is 10.6 Å². The maximum absolute atomic E-state index is 12.2. The largest absolute Gasteiger partial charge is 0.444 e. The van der Waals surface area contributed by atoms with Gasteiger partial charge in [-0.1, -0.05) is 25.2 Å². The summed E-state index contributed by atoms with van der Waals surface area (Å²) in [5.41, 5.74) is 0.352. The van der Waals surface area contributed by atoms with E-state index in [1.165, 1.54) is 11.3 Å². The van der Waals surface area contributed by atoms with Gasteiger partial charge in [0, 0.05) is 24.3 Å². The average Bonchev–Trinajstić information content (AvgIpc) is 2.97. The van der Waals surface area contributed by atoms with Crippen molar-refractivity contribution in [1.82, 2.24) is 15.2 Å². The lowest BCUT2D eigenvalue weighted by Crippen LogP contribution is -2.39. The highest BCUT2D eigenvalue weighted by molar-refractivity contribution is 7.15. The second-order valence-corrected chi connectivity index (χ2v) is 9.38. The Morgan fingerprint density at radius 3 is 2.61 bits per heavy atom. The zero-order chi connectivity index (χ0) is 20.9. The van der Waals surface area contributed by atoms with E-state index in [1.807, 2.05) is 34.6 Å². The van der Waals surface area contributed by atoms with Gasteiger partial charge in [-0.25, -0.2) is 9.78 Å². The third-order valence-electron chi connectivity index (χ3n) is 4.02. The number of carbonyl (C=O) groups excluding carboxylic acids is 3. The number of aromatic nitrogens is 1. The predicted molar refractivity (Wildman–Crippen MR) is 108 cm³/mol. The fraction of sp³-hybridized carbons (Fsp3) is 0.684. The highest BCUT2D eigenvalue weighted by Gasteiger charge is 2.28. The Labute approximate surface area is 170 Å². The van der Waals surface area contributed by atoms with E-state index >= 15 is 0 Å². The van der Waals surface area contributed by atoms with Crippen LogP contribution in [0.1, 0.15) is 58.0 Å². The quantitative estimate of drug-likeness (QED) is 0.751. The fourth-order valence-electron chi connectivity index (χ4n) is 2.58. The van der Waals surface area contributed by atoms with E-state index in [-0.39, 0.29) is 24.5 Å². The second kappa shape index (κ2) is 9.36. The summed E-state index contributed by atoms with van der Waals surface area (Å²) in [4.78, 5) is 43.0. The lowest BCUT2D eigenvalue weighted by Gasteiger charge is -2.29. The lowest BCUT2D eigenvalue weighted by molar-refractivity contribution is -0.124. The molecule has 0 fully saturated rings. The number of fused-ring (bicyclic) bond motifs is 1. The van der Waals surface area contributed by atoms with Crippen molar-refractivity contribution in [2.24, 2.45) is 5.92 Å². The number of ether oxygens (including phenoxy) is 1. The van der Waals surface area contributed by atoms with Crippen molar-refractivity contribution >= 4 is 34.4 Å². The van der Waals surface area contributed by atoms with E-state index in [1.54, 1.807) is 4.90 Å². The molecule has 1 aliphatic heterocycles. The first kappa shape index (κ1) is 22.1. The summed E-state index contributed by atoms with van der Waals surface area (Å²) in [5.74, 6) is 0.00439. The summed E-state index contributed by atoms with van der Waals surface area (Å²) in [7, 11) is 0. The van der Waals surface area contributed by atoms with E-state index in [2.05, 4.69) is 15.6 Å². The van der Waals surface area contributed by atoms with Crippen LogP contribution in [0.2, 0.25) is 0 Å². The predicted octanol–water partition coefficient (Wildman–Crippen LogP) is 2.93. The molecule has 2 rings (SSSR count). The molecule has 0 aromatic carbocycles. The van der Waals surface area contributed by atoms with Crippen LogP contribution < -0.4 is 10.6 Å². The zero-order valence-corrected chi connectivity index (χ0v) is 18.1. The Morgan fingerprint density at radius 2 is 1.96 bits per heavy atom. The summed E-state index contributed by atoms with van der Waals surface area (Å²) in [6.45, 7) is 10.5. The van der Waals surface area contributed by atoms with Crippen molar-refractivity contribution in [3.8, 4) is 0 Å². The van der Waals surface area contributed by atoms with Gasteiger partial charge in [-0.15, -0.1) is 0 Å². The molecular formula is C19H30N4O4S. The minimum Gasteiger partial charge on any atom is -0.444 e. The molecule has 2 heterocycles. The van der Waals surface area contributed by atoms with Gasteiger partial charge >= 0.3 is 6.09 Å². The number of hydrogen-bond acceptors (Lipinski definition) is 6. The highest BCUT2D eigenvalue weighted by Crippen LogP contribution is 2.29. The molecule has 1 aliphatic rings. The number of amides is 3. The molecule has 1 aromatic heterocycles. The lowest BCUT2D eigenvalue weighted by atomic mass is 10.1.